The van der Waals surface area contributed by atoms with Crippen LogP contribution in [0.3, 0.4) is 0 Å². The Balaban J connectivity index is 1.01. The van der Waals surface area contributed by atoms with Crippen LogP contribution < -0.4 is 20.1 Å². The van der Waals surface area contributed by atoms with Crippen LogP contribution in [-0.2, 0) is 11.2 Å². The smallest absolute Gasteiger partial charge is 0.194 e. The second-order valence-electron chi connectivity index (χ2n) is 15.3. The fraction of sp³-hybridized carbons (Fsp3) is 0.442. The number of aromatic nitrogens is 2. The van der Waals surface area contributed by atoms with Crippen molar-refractivity contribution in [3.63, 3.8) is 0 Å². The van der Waals surface area contributed by atoms with Gasteiger partial charge in [0.2, 0.25) is 0 Å². The molecule has 0 spiro atoms. The van der Waals surface area contributed by atoms with Gasteiger partial charge in [-0.2, -0.15) is 5.10 Å². The van der Waals surface area contributed by atoms with E-state index in [1.54, 1.807) is 41.2 Å². The van der Waals surface area contributed by atoms with E-state index in [-0.39, 0.29) is 23.5 Å². The van der Waals surface area contributed by atoms with Crippen LogP contribution >= 0.6 is 0 Å². The first-order chi connectivity index (χ1) is 26.2. The summed E-state index contributed by atoms with van der Waals surface area (Å²) < 4.78 is 34.0. The van der Waals surface area contributed by atoms with Gasteiger partial charge in [0, 0.05) is 63.3 Å². The second kappa shape index (κ2) is 15.6. The molecule has 0 radical (unpaired) electrons. The number of likely N-dealkylation sites (tertiary alicyclic amines) is 1. The maximum Gasteiger partial charge on any atom is 0.194 e. The quantitative estimate of drug-likeness (QED) is 0.172. The van der Waals surface area contributed by atoms with Gasteiger partial charge in [0.25, 0.3) is 0 Å². The van der Waals surface area contributed by atoms with E-state index >= 15 is 0 Å². The number of allylic oxidation sites excluding steroid dienone is 1. The fourth-order valence-electron chi connectivity index (χ4n) is 8.43. The lowest BCUT2D eigenvalue weighted by Gasteiger charge is -2.41. The molecule has 0 amide bonds. The van der Waals surface area contributed by atoms with Crippen molar-refractivity contribution in [3.8, 4) is 22.9 Å². The number of nitrogens with zero attached hydrogens (tertiary/aromatic N) is 5. The van der Waals surface area contributed by atoms with Crippen molar-refractivity contribution >= 4 is 23.4 Å². The number of halogens is 1. The average molecular weight is 735 g/mol. The van der Waals surface area contributed by atoms with Crippen LogP contribution in [0.15, 0.2) is 66.4 Å². The summed E-state index contributed by atoms with van der Waals surface area (Å²) in [6.07, 6.45) is 8.43. The summed E-state index contributed by atoms with van der Waals surface area (Å²) in [4.78, 5) is 21.7. The van der Waals surface area contributed by atoms with Gasteiger partial charge in [0.1, 0.15) is 23.4 Å². The maximum atomic E-state index is 14.2. The minimum Gasteiger partial charge on any atom is -0.488 e. The van der Waals surface area contributed by atoms with E-state index in [1.165, 1.54) is 6.07 Å². The SMILES string of the molecule is Cc1cc(Oc2ccccc2F)ccc1-n1ncc(C(=O)C2=Cc3cc(OC4CCN(C(C)C)CC4)c(N4CCC(N5CCOCC5)CC4)cc3C2)c1N. The number of Topliss-reactive ketones (excluding diaryl/α,β-unsaturated/α-hetero) is 1. The number of nitrogens with two attached hydrogens (primary N) is 1. The Kier molecular flexibility index (Phi) is 10.5. The van der Waals surface area contributed by atoms with Crippen molar-refractivity contribution in [2.75, 3.05) is 63.1 Å². The standard InChI is InChI=1S/C43H51FN6O4/c1-28(2)47-16-12-34(13-17-47)53-41-26-31-24-32(23-30(31)25-39(41)49-14-10-33(11-15-49)48-18-20-52-21-19-48)42(51)36-27-46-50(43(36)45)38-9-8-35(22-29(38)3)54-40-7-5-4-6-37(40)44/h4-9,22,24-28,33-34H,10-21,23,45H2,1-3H3. The number of morpholine rings is 1. The summed E-state index contributed by atoms with van der Waals surface area (Å²) in [7, 11) is 0. The Morgan fingerprint density at radius 2 is 1.69 bits per heavy atom. The van der Waals surface area contributed by atoms with Crippen molar-refractivity contribution in [3.05, 3.63) is 94.4 Å². The summed E-state index contributed by atoms with van der Waals surface area (Å²) >= 11 is 0. The molecule has 54 heavy (non-hydrogen) atoms. The molecule has 0 unspecified atom stereocenters. The summed E-state index contributed by atoms with van der Waals surface area (Å²) in [5.74, 6) is 1.24. The lowest BCUT2D eigenvalue weighted by Crippen LogP contribution is -2.49. The molecule has 1 aliphatic carbocycles. The Morgan fingerprint density at radius 3 is 2.41 bits per heavy atom. The van der Waals surface area contributed by atoms with E-state index in [1.807, 2.05) is 19.1 Å². The Labute approximate surface area is 317 Å². The largest absolute Gasteiger partial charge is 0.488 e. The molecule has 284 valence electrons. The third-order valence-electron chi connectivity index (χ3n) is 11.6. The van der Waals surface area contributed by atoms with E-state index in [9.17, 15) is 9.18 Å². The normalized spacial score (nSPS) is 18.9. The first kappa shape index (κ1) is 36.3. The Morgan fingerprint density at radius 1 is 0.926 bits per heavy atom. The predicted octanol–water partition coefficient (Wildman–Crippen LogP) is 7.07. The number of rotatable bonds is 10. The van der Waals surface area contributed by atoms with E-state index in [2.05, 4.69) is 45.8 Å². The number of carbonyl (C=O) groups excluding carboxylic acids is 1. The highest BCUT2D eigenvalue weighted by Crippen LogP contribution is 2.40. The number of ketones is 1. The highest BCUT2D eigenvalue weighted by Gasteiger charge is 2.31. The predicted molar refractivity (Wildman–Crippen MR) is 210 cm³/mol. The van der Waals surface area contributed by atoms with Gasteiger partial charge in [0.05, 0.1) is 36.3 Å². The number of carbonyl (C=O) groups is 1. The van der Waals surface area contributed by atoms with Crippen LogP contribution in [0.25, 0.3) is 11.8 Å². The zero-order valence-electron chi connectivity index (χ0n) is 31.6. The molecular formula is C43H51FN6O4. The van der Waals surface area contributed by atoms with Crippen LogP contribution in [0, 0.1) is 12.7 Å². The average Bonchev–Trinajstić information content (AvgIpc) is 3.79. The van der Waals surface area contributed by atoms with Crippen LogP contribution in [0.5, 0.6) is 17.2 Å². The molecular weight excluding hydrogens is 684 g/mol. The summed E-state index contributed by atoms with van der Waals surface area (Å²) in [5, 5.41) is 4.53. The lowest BCUT2D eigenvalue weighted by molar-refractivity contribution is 0.0114. The number of benzene rings is 3. The molecule has 4 aliphatic rings. The number of ether oxygens (including phenoxy) is 3. The highest BCUT2D eigenvalue weighted by molar-refractivity contribution is 6.15. The third kappa shape index (κ3) is 7.49. The highest BCUT2D eigenvalue weighted by atomic mass is 19.1. The molecule has 4 heterocycles. The molecule has 0 bridgehead atoms. The summed E-state index contributed by atoms with van der Waals surface area (Å²) in [5.41, 5.74) is 12.5. The number of anilines is 2. The molecule has 8 rings (SSSR count). The number of hydrogen-bond donors (Lipinski definition) is 1. The molecule has 11 heteroatoms. The molecule has 0 saturated carbocycles. The fourth-order valence-corrected chi connectivity index (χ4v) is 8.43. The van der Waals surface area contributed by atoms with Crippen LogP contribution in [-0.4, -0.2) is 96.0 Å². The van der Waals surface area contributed by atoms with E-state index in [0.717, 1.165) is 106 Å². The number of piperidine rings is 2. The van der Waals surface area contributed by atoms with Crippen LogP contribution in [0.4, 0.5) is 15.9 Å². The maximum absolute atomic E-state index is 14.2. The summed E-state index contributed by atoms with van der Waals surface area (Å²) in [6.45, 7) is 14.1. The van der Waals surface area contributed by atoms with Gasteiger partial charge in [-0.1, -0.05) is 12.1 Å². The minimum absolute atomic E-state index is 0.136. The van der Waals surface area contributed by atoms with Crippen LogP contribution in [0.1, 0.15) is 66.6 Å². The first-order valence-electron chi connectivity index (χ1n) is 19.5. The molecule has 4 aromatic rings. The van der Waals surface area contributed by atoms with E-state index in [4.69, 9.17) is 19.9 Å². The first-order valence-corrected chi connectivity index (χ1v) is 19.5. The van der Waals surface area contributed by atoms with Gasteiger partial charge < -0.3 is 29.7 Å². The van der Waals surface area contributed by atoms with Gasteiger partial charge in [0.15, 0.2) is 17.3 Å². The molecule has 3 aliphatic heterocycles. The second-order valence-corrected chi connectivity index (χ2v) is 15.3. The molecule has 3 fully saturated rings. The Hall–Kier alpha value is -4.71. The molecule has 3 aromatic carbocycles. The van der Waals surface area contributed by atoms with Gasteiger partial charge >= 0.3 is 0 Å². The molecule has 0 atom stereocenters. The van der Waals surface area contributed by atoms with Gasteiger partial charge in [-0.3, -0.25) is 9.69 Å². The Bertz CT molecular complexity index is 2020. The lowest BCUT2D eigenvalue weighted by atomic mass is 9.99. The monoisotopic (exact) mass is 734 g/mol. The topological polar surface area (TPSA) is 98.3 Å². The number of aryl methyl sites for hydroxylation is 1. The minimum atomic E-state index is -0.437. The molecule has 2 N–H and O–H groups in total. The zero-order valence-corrected chi connectivity index (χ0v) is 31.6. The van der Waals surface area contributed by atoms with Crippen molar-refractivity contribution in [1.82, 2.24) is 19.6 Å². The van der Waals surface area contributed by atoms with Gasteiger partial charge in [-0.25, -0.2) is 9.07 Å². The van der Waals surface area contributed by atoms with Crippen LogP contribution in [0.2, 0.25) is 0 Å². The molecule has 10 nitrogen and oxygen atoms in total. The zero-order chi connectivity index (χ0) is 37.3. The van der Waals surface area contributed by atoms with Crippen molar-refractivity contribution in [2.24, 2.45) is 0 Å². The van der Waals surface area contributed by atoms with Gasteiger partial charge in [-0.15, -0.1) is 0 Å². The third-order valence-corrected chi connectivity index (χ3v) is 11.6. The summed E-state index contributed by atoms with van der Waals surface area (Å²) in [6, 6.07) is 17.2. The van der Waals surface area contributed by atoms with E-state index in [0.29, 0.717) is 41.1 Å². The van der Waals surface area contributed by atoms with E-state index < -0.39 is 5.82 Å². The number of para-hydroxylation sites is 1. The van der Waals surface area contributed by atoms with Crippen molar-refractivity contribution in [1.29, 1.82) is 0 Å². The molecule has 1 aromatic heterocycles. The van der Waals surface area contributed by atoms with Gasteiger partial charge in [-0.05, 0) is 112 Å². The number of fused-ring (bicyclic) bond motifs is 1. The van der Waals surface area contributed by atoms with Crippen molar-refractivity contribution in [2.45, 2.75) is 71.1 Å². The molecule has 3 saturated heterocycles. The van der Waals surface area contributed by atoms with Crippen molar-refractivity contribution < 1.29 is 23.4 Å². The number of hydrogen-bond acceptors (Lipinski definition) is 9. The number of nitrogen functional groups attached to an aromatic ring is 1.